The number of benzene rings is 2. The van der Waals surface area contributed by atoms with E-state index in [1.807, 2.05) is 24.3 Å². The van der Waals surface area contributed by atoms with Crippen molar-refractivity contribution in [1.29, 1.82) is 0 Å². The molecule has 0 saturated heterocycles. The molecule has 6 nitrogen and oxygen atoms in total. The van der Waals surface area contributed by atoms with Gasteiger partial charge in [0.2, 0.25) is 15.9 Å². The second-order valence-corrected chi connectivity index (χ2v) is 10.4. The molecule has 0 radical (unpaired) electrons. The van der Waals surface area contributed by atoms with E-state index in [1.54, 1.807) is 18.2 Å². The van der Waals surface area contributed by atoms with E-state index in [1.165, 1.54) is 13.0 Å². The Balaban J connectivity index is 2.02. The van der Waals surface area contributed by atoms with E-state index >= 15 is 0 Å². The molecule has 0 aliphatic heterocycles. The monoisotopic (exact) mass is 452 g/mol. The fourth-order valence-electron chi connectivity index (χ4n) is 3.12. The molecule has 0 bridgehead atoms. The summed E-state index contributed by atoms with van der Waals surface area (Å²) in [4.78, 5) is 12.6. The maximum Gasteiger partial charge on any atom is 0.243 e. The summed E-state index contributed by atoms with van der Waals surface area (Å²) in [6.45, 7) is 8.36. The second-order valence-electron chi connectivity index (χ2n) is 8.10. The number of halogens is 1. The van der Waals surface area contributed by atoms with Crippen LogP contribution in [0.25, 0.3) is 0 Å². The third-order valence-corrected chi connectivity index (χ3v) is 5.98. The van der Waals surface area contributed by atoms with E-state index in [0.29, 0.717) is 10.7 Å². The van der Waals surface area contributed by atoms with E-state index < -0.39 is 22.0 Å². The molecular weight excluding hydrogens is 424 g/mol. The first kappa shape index (κ1) is 24.0. The number of carbonyl (C=O) groups is 1. The lowest BCUT2D eigenvalue weighted by molar-refractivity contribution is -0.121. The van der Waals surface area contributed by atoms with Crippen LogP contribution >= 0.6 is 11.6 Å². The lowest BCUT2D eigenvalue weighted by atomic mass is 9.86. The summed E-state index contributed by atoms with van der Waals surface area (Å²) in [7, 11) is -3.69. The maximum absolute atomic E-state index is 12.6. The summed E-state index contributed by atoms with van der Waals surface area (Å²) in [5, 5.41) is 3.13. The second kappa shape index (κ2) is 9.71. The number of para-hydroxylation sites is 1. The summed E-state index contributed by atoms with van der Waals surface area (Å²) in [5.74, 6) is 0.345. The topological polar surface area (TPSA) is 75.7 Å². The van der Waals surface area contributed by atoms with Crippen molar-refractivity contribution in [3.05, 3.63) is 59.1 Å². The highest BCUT2D eigenvalue weighted by Gasteiger charge is 2.29. The highest BCUT2D eigenvalue weighted by Crippen LogP contribution is 2.30. The number of sulfonamides is 1. The molecule has 0 fully saturated rings. The van der Waals surface area contributed by atoms with Gasteiger partial charge in [-0.1, -0.05) is 56.6 Å². The zero-order valence-corrected chi connectivity index (χ0v) is 19.5. The van der Waals surface area contributed by atoms with Crippen molar-refractivity contribution >= 4 is 33.2 Å². The van der Waals surface area contributed by atoms with Crippen LogP contribution < -0.4 is 14.4 Å². The quantitative estimate of drug-likeness (QED) is 0.614. The molecule has 1 atom stereocenters. The molecule has 0 spiro atoms. The van der Waals surface area contributed by atoms with Crippen molar-refractivity contribution in [3.63, 3.8) is 0 Å². The number of ether oxygens (including phenoxy) is 1. The van der Waals surface area contributed by atoms with Crippen LogP contribution in [0.4, 0.5) is 5.69 Å². The van der Waals surface area contributed by atoms with Crippen LogP contribution in [0.2, 0.25) is 5.02 Å². The first-order valence-electron chi connectivity index (χ1n) is 9.66. The van der Waals surface area contributed by atoms with Gasteiger partial charge in [0.15, 0.2) is 0 Å². The molecule has 0 heterocycles. The molecule has 0 aromatic heterocycles. The number of rotatable bonds is 8. The minimum absolute atomic E-state index is 0.0682. The normalized spacial score (nSPS) is 12.9. The third-order valence-electron chi connectivity index (χ3n) is 4.51. The molecule has 0 aliphatic rings. The van der Waals surface area contributed by atoms with Crippen molar-refractivity contribution in [2.75, 3.05) is 23.7 Å². The average molecular weight is 453 g/mol. The smallest absolute Gasteiger partial charge is 0.243 e. The largest absolute Gasteiger partial charge is 0.491 e. The fraction of sp³-hybridized carbons (Fsp3) is 0.409. The minimum Gasteiger partial charge on any atom is -0.491 e. The zero-order valence-electron chi connectivity index (χ0n) is 18.0. The van der Waals surface area contributed by atoms with E-state index in [0.717, 1.165) is 21.9 Å². The summed E-state index contributed by atoms with van der Waals surface area (Å²) in [6.07, 6.45) is 1.06. The Labute approximate surface area is 184 Å². The van der Waals surface area contributed by atoms with Gasteiger partial charge in [0.25, 0.3) is 0 Å². The third kappa shape index (κ3) is 6.37. The zero-order chi connectivity index (χ0) is 22.5. The molecule has 0 aliphatic carbocycles. The van der Waals surface area contributed by atoms with Gasteiger partial charge in [-0.15, -0.1) is 0 Å². The van der Waals surface area contributed by atoms with Crippen LogP contribution in [-0.4, -0.2) is 39.8 Å². The number of hydrogen-bond acceptors (Lipinski definition) is 4. The molecule has 30 heavy (non-hydrogen) atoms. The Morgan fingerprint density at radius 1 is 1.17 bits per heavy atom. The van der Waals surface area contributed by atoms with Gasteiger partial charge in [0.05, 0.1) is 18.5 Å². The standard InChI is InChI=1S/C22H29ClN2O4S/c1-16(25(30(5,27)28)18-10-8-9-17(23)15-18)21(26)24-13-14-29-20-12-7-6-11-19(20)22(2,3)4/h6-12,15-16H,13-14H2,1-5H3,(H,24,26)/t16-/m1/s1. The SMILES string of the molecule is C[C@H](C(=O)NCCOc1ccccc1C(C)(C)C)N(c1cccc(Cl)c1)S(C)(=O)=O. The minimum atomic E-state index is -3.69. The first-order valence-corrected chi connectivity index (χ1v) is 11.9. The fourth-order valence-corrected chi connectivity index (χ4v) is 4.47. The number of amides is 1. The van der Waals surface area contributed by atoms with Crippen molar-refractivity contribution in [2.24, 2.45) is 0 Å². The number of carbonyl (C=O) groups excluding carboxylic acids is 1. The van der Waals surface area contributed by atoms with Crippen LogP contribution in [0, 0.1) is 0 Å². The van der Waals surface area contributed by atoms with Crippen molar-refractivity contribution < 1.29 is 17.9 Å². The Morgan fingerprint density at radius 3 is 2.43 bits per heavy atom. The highest BCUT2D eigenvalue weighted by molar-refractivity contribution is 7.92. The van der Waals surface area contributed by atoms with Gasteiger partial charge in [-0.3, -0.25) is 9.10 Å². The molecule has 2 aromatic carbocycles. The molecule has 1 N–H and O–H groups in total. The van der Waals surface area contributed by atoms with Gasteiger partial charge in [-0.2, -0.15) is 0 Å². The number of nitrogens with one attached hydrogen (secondary N) is 1. The number of hydrogen-bond donors (Lipinski definition) is 1. The molecule has 8 heteroatoms. The van der Waals surface area contributed by atoms with E-state index in [4.69, 9.17) is 16.3 Å². The van der Waals surface area contributed by atoms with Gasteiger partial charge < -0.3 is 10.1 Å². The van der Waals surface area contributed by atoms with Crippen LogP contribution in [0.1, 0.15) is 33.3 Å². The molecule has 2 rings (SSSR count). The van der Waals surface area contributed by atoms with Crippen LogP contribution in [0.5, 0.6) is 5.75 Å². The van der Waals surface area contributed by atoms with Gasteiger partial charge in [-0.25, -0.2) is 8.42 Å². The van der Waals surface area contributed by atoms with Crippen LogP contribution in [-0.2, 0) is 20.2 Å². The summed E-state index contributed by atoms with van der Waals surface area (Å²) >= 11 is 5.99. The average Bonchev–Trinajstić information content (AvgIpc) is 2.63. The van der Waals surface area contributed by atoms with Crippen molar-refractivity contribution in [1.82, 2.24) is 5.32 Å². The number of nitrogens with zero attached hydrogens (tertiary/aromatic N) is 1. The van der Waals surface area contributed by atoms with E-state index in [-0.39, 0.29) is 18.6 Å². The van der Waals surface area contributed by atoms with Gasteiger partial charge in [0, 0.05) is 5.02 Å². The molecule has 164 valence electrons. The van der Waals surface area contributed by atoms with Crippen molar-refractivity contribution in [2.45, 2.75) is 39.2 Å². The van der Waals surface area contributed by atoms with E-state index in [9.17, 15) is 13.2 Å². The Kier molecular flexibility index (Phi) is 7.77. The molecule has 2 aromatic rings. The van der Waals surface area contributed by atoms with Gasteiger partial charge in [-0.05, 0) is 42.2 Å². The van der Waals surface area contributed by atoms with E-state index in [2.05, 4.69) is 26.1 Å². The van der Waals surface area contributed by atoms with Gasteiger partial charge in [0.1, 0.15) is 18.4 Å². The predicted octanol–water partition coefficient (Wildman–Crippen LogP) is 3.99. The predicted molar refractivity (Wildman–Crippen MR) is 122 cm³/mol. The summed E-state index contributed by atoms with van der Waals surface area (Å²) in [5.41, 5.74) is 1.35. The number of anilines is 1. The van der Waals surface area contributed by atoms with Crippen molar-refractivity contribution in [3.8, 4) is 5.75 Å². The molecule has 0 unspecified atom stereocenters. The Morgan fingerprint density at radius 2 is 1.83 bits per heavy atom. The lowest BCUT2D eigenvalue weighted by Crippen LogP contribution is -2.48. The Bertz CT molecular complexity index is 987. The molecule has 0 saturated carbocycles. The van der Waals surface area contributed by atoms with Crippen LogP contribution in [0.15, 0.2) is 48.5 Å². The summed E-state index contributed by atoms with van der Waals surface area (Å²) < 4.78 is 31.5. The first-order chi connectivity index (χ1) is 13.9. The highest BCUT2D eigenvalue weighted by atomic mass is 35.5. The van der Waals surface area contributed by atoms with Crippen LogP contribution in [0.3, 0.4) is 0 Å². The maximum atomic E-state index is 12.6. The Hall–Kier alpha value is -2.25. The molecule has 1 amide bonds. The lowest BCUT2D eigenvalue weighted by Gasteiger charge is -2.28. The van der Waals surface area contributed by atoms with Gasteiger partial charge >= 0.3 is 0 Å². The summed E-state index contributed by atoms with van der Waals surface area (Å²) in [6, 6.07) is 13.2. The molecular formula is C22H29ClN2O4S.